The highest BCUT2D eigenvalue weighted by Gasteiger charge is 2.32. The summed E-state index contributed by atoms with van der Waals surface area (Å²) in [6.07, 6.45) is 9.96. The SMILES string of the molecule is CCc1nc(-c2ccnc(Nc3cc(C)cc(C)c3)n2)cs1.COc1cc(Nc2nccc(-c3csc(C)n3)n2)cc(C(F)(F)F)c1.Cc1nc(-c2ccnc(NC3CCCC3)n2)cs1.Cc1nc(-c2ccnc(Nc3ccc(C#N)cc3)n2)cs1.Cc1nc(-c2ccnc(Nc3ccc([N+](=O)[O-])cc3)n2)cs1. The minimum atomic E-state index is -4.48. The first-order valence-electron chi connectivity index (χ1n) is 33.4. The first-order valence-corrected chi connectivity index (χ1v) is 37.8. The number of methoxy groups -OCH3 is 1. The summed E-state index contributed by atoms with van der Waals surface area (Å²) in [6.45, 7) is 14.1. The number of nitro benzene ring substituents is 1. The Morgan fingerprint density at radius 3 is 1.20 bits per heavy atom. The average Bonchev–Trinajstić information content (AvgIpc) is 1.18. The molecule has 0 amide bonds. The van der Waals surface area contributed by atoms with Gasteiger partial charge in [-0.05, 0) is 163 Å². The number of nitrogens with zero attached hydrogens (tertiary/aromatic N) is 17. The third-order valence-electron chi connectivity index (χ3n) is 15.4. The molecule has 5 N–H and O–H groups in total. The number of hydrogen-bond donors (Lipinski definition) is 5. The Balaban J connectivity index is 0.000000135. The van der Waals surface area contributed by atoms with E-state index in [4.69, 9.17) is 10.00 Å². The van der Waals surface area contributed by atoms with Crippen molar-refractivity contribution in [3.8, 4) is 68.8 Å². The maximum absolute atomic E-state index is 13.0. The van der Waals surface area contributed by atoms with Gasteiger partial charge in [0.05, 0.1) is 82.7 Å². The molecule has 10 aromatic heterocycles. The number of rotatable bonds is 18. The Bertz CT molecular complexity index is 5350. The number of aryl methyl sites for hydroxylation is 7. The van der Waals surface area contributed by atoms with Crippen molar-refractivity contribution in [1.29, 1.82) is 5.26 Å². The van der Waals surface area contributed by atoms with E-state index in [0.717, 1.165) is 106 Å². The van der Waals surface area contributed by atoms with E-state index < -0.39 is 16.7 Å². The number of benzene rings is 4. The number of nitro groups is 1. The van der Waals surface area contributed by atoms with E-state index in [-0.39, 0.29) is 23.1 Å². The fraction of sp³-hybridized carbons (Fsp3) is 0.200. The van der Waals surface area contributed by atoms with E-state index in [2.05, 4.69) is 146 Å². The molecule has 14 aromatic rings. The number of aromatic nitrogens is 15. The molecule has 1 aliphatic carbocycles. The lowest BCUT2D eigenvalue weighted by molar-refractivity contribution is -0.384. The van der Waals surface area contributed by atoms with Gasteiger partial charge < -0.3 is 31.3 Å². The average molecular weight is 1540 g/mol. The summed E-state index contributed by atoms with van der Waals surface area (Å²) in [5.74, 6) is 2.49. The molecule has 0 unspecified atom stereocenters. The van der Waals surface area contributed by atoms with E-state index in [0.29, 0.717) is 46.5 Å². The predicted molar refractivity (Wildman–Crippen MR) is 421 cm³/mol. The van der Waals surface area contributed by atoms with Crippen molar-refractivity contribution >= 4 is 115 Å². The maximum atomic E-state index is 13.0. The fourth-order valence-corrected chi connectivity index (χ4v) is 13.6. The smallest absolute Gasteiger partial charge is 0.416 e. The number of non-ortho nitro benzene ring substituents is 1. The van der Waals surface area contributed by atoms with Gasteiger partial charge in [-0.25, -0.2) is 74.8 Å². The van der Waals surface area contributed by atoms with Gasteiger partial charge in [0.25, 0.3) is 5.69 Å². The van der Waals surface area contributed by atoms with Crippen LogP contribution in [0.15, 0.2) is 173 Å². The monoisotopic (exact) mass is 1540 g/mol. The number of halogens is 3. The van der Waals surface area contributed by atoms with Crippen molar-refractivity contribution in [2.45, 2.75) is 92.8 Å². The molecule has 25 nitrogen and oxygen atoms in total. The Morgan fingerprint density at radius 2 is 0.843 bits per heavy atom. The molecule has 108 heavy (non-hydrogen) atoms. The molecular formula is C75H69F3N22O3S5. The van der Waals surface area contributed by atoms with Gasteiger partial charge >= 0.3 is 6.18 Å². The zero-order valence-electron chi connectivity index (χ0n) is 59.4. The van der Waals surface area contributed by atoms with Crippen molar-refractivity contribution in [2.75, 3.05) is 33.7 Å². The fourth-order valence-electron chi connectivity index (χ4n) is 10.4. The number of ether oxygens (including phenoxy) is 1. The van der Waals surface area contributed by atoms with E-state index >= 15 is 0 Å². The number of anilines is 9. The molecule has 0 spiro atoms. The molecule has 0 saturated heterocycles. The summed E-state index contributed by atoms with van der Waals surface area (Å²) in [5, 5.41) is 49.9. The molecule has 0 radical (unpaired) electrons. The molecule has 15 rings (SSSR count). The molecule has 548 valence electrons. The van der Waals surface area contributed by atoms with E-state index in [9.17, 15) is 23.3 Å². The van der Waals surface area contributed by atoms with Crippen LogP contribution in [-0.2, 0) is 12.6 Å². The normalized spacial score (nSPS) is 11.6. The lowest BCUT2D eigenvalue weighted by atomic mass is 10.1. The number of alkyl halides is 3. The second-order valence-corrected chi connectivity index (χ2v) is 28.9. The van der Waals surface area contributed by atoms with Crippen LogP contribution in [0.2, 0.25) is 0 Å². The molecule has 1 saturated carbocycles. The van der Waals surface area contributed by atoms with Gasteiger partial charge in [-0.1, -0.05) is 25.8 Å². The molecule has 4 aromatic carbocycles. The van der Waals surface area contributed by atoms with Crippen LogP contribution in [0.3, 0.4) is 0 Å². The second-order valence-electron chi connectivity index (χ2n) is 23.8. The van der Waals surface area contributed by atoms with Crippen LogP contribution < -0.4 is 31.3 Å². The number of thiazole rings is 5. The van der Waals surface area contributed by atoms with Gasteiger partial charge in [0.2, 0.25) is 29.7 Å². The van der Waals surface area contributed by atoms with Crippen LogP contribution >= 0.6 is 56.7 Å². The van der Waals surface area contributed by atoms with E-state index in [1.807, 2.05) is 84.9 Å². The molecular weight excluding hydrogens is 1470 g/mol. The lowest BCUT2D eigenvalue weighted by Gasteiger charge is -2.12. The van der Waals surface area contributed by atoms with Crippen LogP contribution in [0.4, 0.5) is 71.3 Å². The summed E-state index contributed by atoms with van der Waals surface area (Å²) in [6, 6.07) is 34.6. The molecule has 0 atom stereocenters. The Hall–Kier alpha value is -12.1. The summed E-state index contributed by atoms with van der Waals surface area (Å²) in [5.41, 5.74) is 13.0. The Morgan fingerprint density at radius 1 is 0.472 bits per heavy atom. The first kappa shape index (κ1) is 77.0. The van der Waals surface area contributed by atoms with Crippen LogP contribution in [0.1, 0.15) is 79.9 Å². The summed E-state index contributed by atoms with van der Waals surface area (Å²) in [7, 11) is 1.31. The molecule has 1 aliphatic rings. The second kappa shape index (κ2) is 36.8. The Kier molecular flexibility index (Phi) is 26.2. The summed E-state index contributed by atoms with van der Waals surface area (Å²) >= 11 is 7.95. The van der Waals surface area contributed by atoms with Gasteiger partial charge in [-0.2, -0.15) is 18.4 Å². The number of nitriles is 1. The molecule has 0 aliphatic heterocycles. The van der Waals surface area contributed by atoms with Gasteiger partial charge in [0, 0.05) is 105 Å². The molecule has 0 bridgehead atoms. The van der Waals surface area contributed by atoms with Gasteiger partial charge in [0.15, 0.2) is 0 Å². The third kappa shape index (κ3) is 22.5. The van der Waals surface area contributed by atoms with E-state index in [1.165, 1.54) is 79.7 Å². The van der Waals surface area contributed by atoms with Crippen molar-refractivity contribution in [1.82, 2.24) is 74.8 Å². The van der Waals surface area contributed by atoms with E-state index in [1.54, 1.807) is 107 Å². The molecule has 33 heteroatoms. The molecule has 1 fully saturated rings. The van der Waals surface area contributed by atoms with Crippen molar-refractivity contribution in [3.63, 3.8) is 0 Å². The summed E-state index contributed by atoms with van der Waals surface area (Å²) < 4.78 is 43.9. The van der Waals surface area contributed by atoms with Crippen LogP contribution in [0.25, 0.3) is 56.9 Å². The van der Waals surface area contributed by atoms with Gasteiger partial charge in [0.1, 0.15) is 34.2 Å². The quantitative estimate of drug-likeness (QED) is 0.0393. The zero-order valence-corrected chi connectivity index (χ0v) is 63.4. The number of hydrogen-bond acceptors (Lipinski definition) is 29. The third-order valence-corrected chi connectivity index (χ3v) is 19.5. The topological polar surface area (TPSA) is 330 Å². The van der Waals surface area contributed by atoms with Crippen LogP contribution in [0, 0.1) is 63.0 Å². The Labute approximate surface area is 639 Å². The summed E-state index contributed by atoms with van der Waals surface area (Å²) in [4.78, 5) is 75.6. The lowest BCUT2D eigenvalue weighted by Crippen LogP contribution is -2.16. The minimum absolute atomic E-state index is 0.0400. The van der Waals surface area contributed by atoms with Crippen molar-refractivity contribution < 1.29 is 22.8 Å². The highest BCUT2D eigenvalue weighted by atomic mass is 32.1. The van der Waals surface area contributed by atoms with Crippen LogP contribution in [0.5, 0.6) is 5.75 Å². The maximum Gasteiger partial charge on any atom is 0.416 e. The first-order chi connectivity index (χ1) is 52.1. The number of nitrogens with one attached hydrogen (secondary N) is 5. The van der Waals surface area contributed by atoms with Gasteiger partial charge in [-0.3, -0.25) is 10.1 Å². The zero-order chi connectivity index (χ0) is 76.1. The van der Waals surface area contributed by atoms with Crippen molar-refractivity contribution in [3.05, 3.63) is 231 Å². The largest absolute Gasteiger partial charge is 0.497 e. The standard InChI is InChI=1S/C17H18N4S.C16H13F3N4OS.C15H11N5S.C14H11N5O2S.C13H16N4S/c1-4-16-20-15(10-22-16)14-5-6-18-17(21-14)19-13-8-11(2)7-12(3)9-13;1-9-21-14(8-25-9)13-3-4-20-15(23-13)22-11-5-10(16(17,18)19)6-12(7-11)24-2;1-10-18-14(9-21-10)13-6-7-17-15(20-13)19-12-4-2-11(8-16)3-5-12;1-9-16-13(8-22-9)12-6-7-15-14(18-12)17-10-2-4-11(5-3-10)19(20)21;1-9-15-12(8-18-9)11-6-7-14-13(17-11)16-10-4-2-3-5-10/h5-10H,4H2,1-3H3,(H,18,19,21);3-8H,1-2H3,(H,20,22,23);2-7,9H,1H3,(H,17,19,20);2-8H,1H3,(H,15,17,18);6-8,10H,2-5H2,1H3,(H,14,16,17). The highest BCUT2D eigenvalue weighted by Crippen LogP contribution is 2.36. The van der Waals surface area contributed by atoms with Crippen molar-refractivity contribution in [2.24, 2.45) is 0 Å². The predicted octanol–water partition coefficient (Wildman–Crippen LogP) is 19.5. The highest BCUT2D eigenvalue weighted by molar-refractivity contribution is 7.11. The molecule has 10 heterocycles. The van der Waals surface area contributed by atoms with Gasteiger partial charge in [-0.15, -0.1) is 56.7 Å². The van der Waals surface area contributed by atoms with Crippen LogP contribution in [-0.4, -0.2) is 92.8 Å². The minimum Gasteiger partial charge on any atom is -0.497 e.